The predicted molar refractivity (Wildman–Crippen MR) is 552 cm³/mol. The van der Waals surface area contributed by atoms with Gasteiger partial charge in [0.1, 0.15) is 52.4 Å². The first-order valence-electron chi connectivity index (χ1n) is 49.8. The molecule has 13 amide bonds. The Hall–Kier alpha value is -13.4. The summed E-state index contributed by atoms with van der Waals surface area (Å²) in [5.74, 6) is -8.08. The molecule has 0 aliphatic carbocycles. The molecule has 0 fully saturated rings. The number of amides is 13. The van der Waals surface area contributed by atoms with Crippen LogP contribution in [0.5, 0.6) is 0 Å². The van der Waals surface area contributed by atoms with E-state index in [1.54, 1.807) is 158 Å². The molecule has 32 nitrogen and oxygen atoms in total. The highest BCUT2D eigenvalue weighted by molar-refractivity contribution is 5.96. The van der Waals surface area contributed by atoms with Crippen molar-refractivity contribution in [2.45, 2.75) is 168 Å². The lowest BCUT2D eigenvalue weighted by atomic mass is 10.0. The molecule has 0 aliphatic heterocycles. The van der Waals surface area contributed by atoms with Crippen LogP contribution in [-0.4, -0.2) is 286 Å². The monoisotopic (exact) mass is 1950 g/mol. The van der Waals surface area contributed by atoms with Crippen LogP contribution in [-0.2, 0) is 62.3 Å². The van der Waals surface area contributed by atoms with Crippen molar-refractivity contribution < 1.29 is 62.3 Å². The van der Waals surface area contributed by atoms with E-state index in [2.05, 4.69) is 5.32 Å². The van der Waals surface area contributed by atoms with Gasteiger partial charge in [-0.1, -0.05) is 243 Å². The first-order valence-corrected chi connectivity index (χ1v) is 49.8. The molecular weight excluding hydrogens is 1800 g/mol. The molecule has 0 saturated heterocycles. The minimum Gasteiger partial charge on any atom is -0.368 e. The quantitative estimate of drug-likeness (QED) is 0.0174. The van der Waals surface area contributed by atoms with Crippen LogP contribution in [0.3, 0.4) is 0 Å². The number of rotatable bonds is 62. The van der Waals surface area contributed by atoms with E-state index < -0.39 is 198 Å². The number of unbranched alkanes of at least 4 members (excludes halogenated alkanes) is 5. The Balaban J connectivity index is 1.12. The van der Waals surface area contributed by atoms with Gasteiger partial charge in [0.2, 0.25) is 76.8 Å². The second kappa shape index (κ2) is 60.7. The zero-order chi connectivity index (χ0) is 103. The van der Waals surface area contributed by atoms with Gasteiger partial charge in [-0.15, -0.1) is 0 Å². The Morgan fingerprint density at radius 3 is 0.535 bits per heavy atom. The Labute approximate surface area is 838 Å². The molecule has 0 spiro atoms. The lowest BCUT2D eigenvalue weighted by molar-refractivity contribution is -0.152. The van der Waals surface area contributed by atoms with Crippen LogP contribution < -0.4 is 39.7 Å². The van der Waals surface area contributed by atoms with E-state index in [-0.39, 0.29) is 58.3 Å². The summed E-state index contributed by atoms with van der Waals surface area (Å²) in [5, 5.41) is 3.21. The Morgan fingerprint density at radius 1 is 0.204 bits per heavy atom. The highest BCUT2D eigenvalue weighted by Crippen LogP contribution is 2.32. The van der Waals surface area contributed by atoms with Crippen LogP contribution in [0.25, 0.3) is 0 Å². The van der Waals surface area contributed by atoms with E-state index in [0.717, 1.165) is 18.4 Å². The topological polar surface area (TPSA) is 429 Å². The second-order valence-electron chi connectivity index (χ2n) is 36.2. The molecule has 0 aromatic heterocycles. The summed E-state index contributed by atoms with van der Waals surface area (Å²) in [5.41, 5.74) is 41.0. The minimum atomic E-state index is -0.877. The fraction of sp³-hybridized carbons (Fsp3) is 0.445. The number of hydrogen-bond acceptors (Lipinski definition) is 19. The normalized spacial score (nSPS) is 12.8. The number of nitrogens with two attached hydrogens (primary N) is 6. The molecular formula is C110H151N19O13. The number of nitrogens with zero attached hydrogens (tertiary/aromatic N) is 12. The summed E-state index contributed by atoms with van der Waals surface area (Å²) in [6.45, 7) is 9.54. The molecule has 13 N–H and O–H groups in total. The first-order chi connectivity index (χ1) is 68.4. The largest absolute Gasteiger partial charge is 0.368 e. The number of benzene rings is 8. The van der Waals surface area contributed by atoms with Gasteiger partial charge in [0.25, 0.3) is 0 Å². The van der Waals surface area contributed by atoms with Crippen molar-refractivity contribution in [2.75, 3.05) is 151 Å². The van der Waals surface area contributed by atoms with Crippen LogP contribution in [0, 0.1) is 0 Å². The van der Waals surface area contributed by atoms with Gasteiger partial charge >= 0.3 is 0 Å². The molecule has 32 heteroatoms. The van der Waals surface area contributed by atoms with Crippen molar-refractivity contribution in [3.8, 4) is 0 Å². The molecule has 142 heavy (non-hydrogen) atoms. The number of carbonyl (C=O) groups is 13. The third kappa shape index (κ3) is 35.4. The molecule has 0 bridgehead atoms. The standard InChI is InChI=1S/C110H151N19O13/c1-82(90-43-17-9-18-44-90)122(99(131)69-117-64-38-33-59-111)78-107(139)124(84(3)92-47-21-11-22-48-92)75-101(133)119(66-40-35-61-113)71-105(137)128(88(7)96-55-29-15-30-56-96)80-109(141)126(86(5)94-51-25-13-26-52-94)77-103(135)121(68-42-37-63-115)73-106(138)129(89(8)97-57-31-16-32-58-97)81-110(142)125(85(4)93-49-23-12-24-50-93)76-102(134)120(67-41-36-62-114)72-104(136)127(87(6)95-53-27-14-28-54-95)79-108(140)123(83(2)91-45-19-10-20-46-91)74-100(132)118(70-98(116)130)65-39-34-60-112/h9-32,43-58,82-89,117H,33-42,59-81,111-115H2,1-8H3,(H2,116,130)/t82-,83-,84-,85-,86-,87-,88-,89-/m0/s1. The van der Waals surface area contributed by atoms with Gasteiger partial charge in [-0.2, -0.15) is 0 Å². The number of hydrogen-bond donors (Lipinski definition) is 7. The lowest BCUT2D eigenvalue weighted by Gasteiger charge is -2.38. The SMILES string of the molecule is C[C@@H](c1ccccc1)N(CC(=O)N(CCCCN)CC(=O)N(CC(=O)N(CC(=O)N(CCCCN)CC(=O)N(CC(=O)N(CC(=O)N(CCCCN)CC(=O)N(CC(=O)N(CC(=O)N(CCCCN)CC(N)=O)[C@@H](C)c1ccccc1)[C@@H](C)c1ccccc1)[C@@H](C)c1ccccc1)[C@@H](C)c1ccccc1)[C@@H](C)c1ccccc1)[C@@H](C)c1ccccc1)C(=O)CN(C(=O)CNCCCCN)[C@@H](C)c1ccccc1. The summed E-state index contributed by atoms with van der Waals surface area (Å²) in [6, 6.07) is 66.3. The fourth-order valence-corrected chi connectivity index (χ4v) is 17.3. The van der Waals surface area contributed by atoms with Crippen molar-refractivity contribution in [3.05, 3.63) is 287 Å². The molecule has 764 valence electrons. The minimum absolute atomic E-state index is 0.0195. The van der Waals surface area contributed by atoms with Gasteiger partial charge in [0.05, 0.1) is 81.1 Å². The zero-order valence-electron chi connectivity index (χ0n) is 84.2. The average molecular weight is 1950 g/mol. The molecule has 0 unspecified atom stereocenters. The van der Waals surface area contributed by atoms with E-state index in [0.29, 0.717) is 110 Å². The lowest BCUT2D eigenvalue weighted by Crippen LogP contribution is -2.54. The van der Waals surface area contributed by atoms with Gasteiger partial charge in [0, 0.05) is 26.2 Å². The second-order valence-corrected chi connectivity index (χ2v) is 36.2. The zero-order valence-corrected chi connectivity index (χ0v) is 84.2. The molecule has 0 heterocycles. The molecule has 0 radical (unpaired) electrons. The molecule has 8 aromatic carbocycles. The van der Waals surface area contributed by atoms with E-state index in [1.807, 2.05) is 140 Å². The average Bonchev–Trinajstić information content (AvgIpc) is 0.833. The van der Waals surface area contributed by atoms with Gasteiger partial charge in [-0.25, -0.2) is 0 Å². The summed E-state index contributed by atoms with van der Waals surface area (Å²) >= 11 is 0. The molecule has 0 aliphatic rings. The van der Waals surface area contributed by atoms with E-state index in [1.165, 1.54) is 58.8 Å². The summed E-state index contributed by atoms with van der Waals surface area (Å²) < 4.78 is 0. The van der Waals surface area contributed by atoms with E-state index in [4.69, 9.17) is 34.4 Å². The summed E-state index contributed by atoms with van der Waals surface area (Å²) in [6.07, 6.45) is 4.79. The molecule has 8 aromatic rings. The molecule has 8 rings (SSSR count). The van der Waals surface area contributed by atoms with Gasteiger partial charge < -0.3 is 98.5 Å². The Morgan fingerprint density at radius 2 is 0.359 bits per heavy atom. The van der Waals surface area contributed by atoms with Crippen LogP contribution in [0.4, 0.5) is 0 Å². The van der Waals surface area contributed by atoms with Crippen LogP contribution in [0.2, 0.25) is 0 Å². The van der Waals surface area contributed by atoms with Gasteiger partial charge in [-0.3, -0.25) is 62.3 Å². The highest BCUT2D eigenvalue weighted by Gasteiger charge is 2.40. The van der Waals surface area contributed by atoms with Crippen molar-refractivity contribution >= 4 is 76.8 Å². The summed E-state index contributed by atoms with van der Waals surface area (Å²) in [7, 11) is 0. The third-order valence-electron chi connectivity index (χ3n) is 26.4. The fourth-order valence-electron chi connectivity index (χ4n) is 17.3. The maximum atomic E-state index is 16.1. The third-order valence-corrected chi connectivity index (χ3v) is 26.4. The van der Waals surface area contributed by atoms with Gasteiger partial charge in [-0.05, 0) is 203 Å². The smallest absolute Gasteiger partial charge is 0.243 e. The van der Waals surface area contributed by atoms with Crippen LogP contribution >= 0.6 is 0 Å². The maximum Gasteiger partial charge on any atom is 0.243 e. The maximum absolute atomic E-state index is 16.1. The summed E-state index contributed by atoms with van der Waals surface area (Å²) in [4.78, 5) is 216. The first kappa shape index (κ1) is 114. The van der Waals surface area contributed by atoms with E-state index in [9.17, 15) is 14.4 Å². The van der Waals surface area contributed by atoms with Crippen molar-refractivity contribution in [1.29, 1.82) is 0 Å². The number of carbonyl (C=O) groups excluding carboxylic acids is 13. The van der Waals surface area contributed by atoms with Crippen molar-refractivity contribution in [2.24, 2.45) is 34.4 Å². The number of nitrogens with one attached hydrogen (secondary N) is 1. The van der Waals surface area contributed by atoms with Crippen LogP contribution in [0.15, 0.2) is 243 Å². The Bertz CT molecular complexity index is 5110. The highest BCUT2D eigenvalue weighted by atomic mass is 16.2. The van der Waals surface area contributed by atoms with E-state index >= 15 is 47.9 Å². The number of primary amides is 1. The Kier molecular flexibility index (Phi) is 48.7. The molecule has 8 atom stereocenters. The molecule has 0 saturated carbocycles. The predicted octanol–water partition coefficient (Wildman–Crippen LogP) is 9.79. The van der Waals surface area contributed by atoms with Crippen molar-refractivity contribution in [3.63, 3.8) is 0 Å². The van der Waals surface area contributed by atoms with Gasteiger partial charge in [0.15, 0.2) is 0 Å². The van der Waals surface area contributed by atoms with Crippen molar-refractivity contribution in [1.82, 2.24) is 64.1 Å². The van der Waals surface area contributed by atoms with Crippen LogP contribution in [0.1, 0.15) is 212 Å².